The van der Waals surface area contributed by atoms with E-state index >= 15 is 0 Å². The summed E-state index contributed by atoms with van der Waals surface area (Å²) in [7, 11) is 3.02. The Morgan fingerprint density at radius 2 is 1.81 bits per heavy atom. The van der Waals surface area contributed by atoms with Gasteiger partial charge >= 0.3 is 0 Å². The van der Waals surface area contributed by atoms with Gasteiger partial charge in [-0.2, -0.15) is 0 Å². The summed E-state index contributed by atoms with van der Waals surface area (Å²) in [5, 5.41) is 8.86. The van der Waals surface area contributed by atoms with Gasteiger partial charge in [0.15, 0.2) is 0 Å². The standard InChI is InChI=1S/C19H22ClN3O4/c1-4-21-19(25)12-6-5-7-13(8-12)23-18(24)11-22-15-10-16(26-2)14(20)9-17(15)27-3/h5-10,22H,4,11H2,1-3H3,(H,21,25)(H,23,24). The van der Waals surface area contributed by atoms with Gasteiger partial charge in [0.1, 0.15) is 11.5 Å². The van der Waals surface area contributed by atoms with Gasteiger partial charge in [0.25, 0.3) is 5.91 Å². The summed E-state index contributed by atoms with van der Waals surface area (Å²) in [4.78, 5) is 24.1. The fourth-order valence-corrected chi connectivity index (χ4v) is 2.61. The van der Waals surface area contributed by atoms with E-state index in [0.717, 1.165) is 0 Å². The fourth-order valence-electron chi connectivity index (χ4n) is 2.38. The van der Waals surface area contributed by atoms with Crippen LogP contribution in [0.4, 0.5) is 11.4 Å². The van der Waals surface area contributed by atoms with Crippen molar-refractivity contribution in [2.45, 2.75) is 6.92 Å². The van der Waals surface area contributed by atoms with Crippen molar-refractivity contribution in [3.05, 3.63) is 47.0 Å². The predicted molar refractivity (Wildman–Crippen MR) is 106 cm³/mol. The van der Waals surface area contributed by atoms with Gasteiger partial charge < -0.3 is 25.4 Å². The molecule has 2 aromatic carbocycles. The van der Waals surface area contributed by atoms with Crippen molar-refractivity contribution in [3.63, 3.8) is 0 Å². The molecule has 2 amide bonds. The normalized spacial score (nSPS) is 10.1. The summed E-state index contributed by atoms with van der Waals surface area (Å²) in [6.45, 7) is 2.37. The molecule has 0 saturated heterocycles. The molecule has 0 fully saturated rings. The van der Waals surface area contributed by atoms with Gasteiger partial charge in [-0.1, -0.05) is 17.7 Å². The second-order valence-corrected chi connectivity index (χ2v) is 5.94. The van der Waals surface area contributed by atoms with Crippen LogP contribution in [0.25, 0.3) is 0 Å². The number of carbonyl (C=O) groups is 2. The molecular weight excluding hydrogens is 370 g/mol. The average molecular weight is 392 g/mol. The van der Waals surface area contributed by atoms with Crippen LogP contribution < -0.4 is 25.4 Å². The zero-order valence-corrected chi connectivity index (χ0v) is 16.1. The van der Waals surface area contributed by atoms with E-state index in [9.17, 15) is 9.59 Å². The quantitative estimate of drug-likeness (QED) is 0.643. The van der Waals surface area contributed by atoms with Gasteiger partial charge in [-0.3, -0.25) is 9.59 Å². The molecule has 0 saturated carbocycles. The van der Waals surface area contributed by atoms with E-state index in [1.54, 1.807) is 36.4 Å². The highest BCUT2D eigenvalue weighted by molar-refractivity contribution is 6.32. The predicted octanol–water partition coefficient (Wildman–Crippen LogP) is 3.16. The van der Waals surface area contributed by atoms with Crippen molar-refractivity contribution >= 4 is 34.8 Å². The van der Waals surface area contributed by atoms with Crippen LogP contribution >= 0.6 is 11.6 Å². The second kappa shape index (κ2) is 9.68. The molecule has 3 N–H and O–H groups in total. The summed E-state index contributed by atoms with van der Waals surface area (Å²) < 4.78 is 10.4. The molecule has 7 nitrogen and oxygen atoms in total. The third kappa shape index (κ3) is 5.52. The molecule has 8 heteroatoms. The Bertz CT molecular complexity index is 827. The van der Waals surface area contributed by atoms with Crippen molar-refractivity contribution < 1.29 is 19.1 Å². The molecule has 0 bridgehead atoms. The Kier molecular flexibility index (Phi) is 7.31. The Hall–Kier alpha value is -2.93. The third-order valence-electron chi connectivity index (χ3n) is 3.66. The van der Waals surface area contributed by atoms with Crippen molar-refractivity contribution in [1.29, 1.82) is 0 Å². The molecule has 2 rings (SSSR count). The summed E-state index contributed by atoms with van der Waals surface area (Å²) in [6, 6.07) is 9.99. The molecule has 0 aliphatic heterocycles. The van der Waals surface area contributed by atoms with Crippen molar-refractivity contribution in [2.24, 2.45) is 0 Å². The van der Waals surface area contributed by atoms with E-state index in [1.165, 1.54) is 14.2 Å². The first kappa shape index (κ1) is 20.4. The lowest BCUT2D eigenvalue weighted by Gasteiger charge is -2.14. The number of amides is 2. The smallest absolute Gasteiger partial charge is 0.251 e. The van der Waals surface area contributed by atoms with Gasteiger partial charge in [0.05, 0.1) is 31.5 Å². The topological polar surface area (TPSA) is 88.7 Å². The van der Waals surface area contributed by atoms with Crippen LogP contribution in [-0.4, -0.2) is 39.1 Å². The molecule has 0 atom stereocenters. The van der Waals surface area contributed by atoms with E-state index < -0.39 is 0 Å². The highest BCUT2D eigenvalue weighted by Gasteiger charge is 2.12. The second-order valence-electron chi connectivity index (χ2n) is 5.53. The van der Waals surface area contributed by atoms with E-state index in [0.29, 0.717) is 40.0 Å². The number of carbonyl (C=O) groups excluding carboxylic acids is 2. The first-order chi connectivity index (χ1) is 13.0. The van der Waals surface area contributed by atoms with Crippen LogP contribution in [0.3, 0.4) is 0 Å². The largest absolute Gasteiger partial charge is 0.495 e. The molecule has 144 valence electrons. The first-order valence-electron chi connectivity index (χ1n) is 8.32. The van der Waals surface area contributed by atoms with Gasteiger partial charge in [0.2, 0.25) is 5.91 Å². The van der Waals surface area contributed by atoms with Gasteiger partial charge in [-0.25, -0.2) is 0 Å². The molecule has 0 aromatic heterocycles. The zero-order valence-electron chi connectivity index (χ0n) is 15.4. The van der Waals surface area contributed by atoms with Crippen molar-refractivity contribution in [2.75, 3.05) is 37.9 Å². The van der Waals surface area contributed by atoms with Crippen LogP contribution in [-0.2, 0) is 4.79 Å². The number of hydrogen-bond acceptors (Lipinski definition) is 5. The number of methoxy groups -OCH3 is 2. The summed E-state index contributed by atoms with van der Waals surface area (Å²) in [6.07, 6.45) is 0. The lowest BCUT2D eigenvalue weighted by Crippen LogP contribution is -2.24. The number of benzene rings is 2. The SMILES string of the molecule is CCNC(=O)c1cccc(NC(=O)CNc2cc(OC)c(Cl)cc2OC)c1. The number of hydrogen-bond donors (Lipinski definition) is 3. The minimum atomic E-state index is -0.279. The average Bonchev–Trinajstić information content (AvgIpc) is 2.67. The van der Waals surface area contributed by atoms with Gasteiger partial charge in [-0.15, -0.1) is 0 Å². The number of halogens is 1. The minimum Gasteiger partial charge on any atom is -0.495 e. The minimum absolute atomic E-state index is 0.00741. The van der Waals surface area contributed by atoms with Crippen LogP contribution in [0.5, 0.6) is 11.5 Å². The molecule has 0 aliphatic rings. The highest BCUT2D eigenvalue weighted by atomic mass is 35.5. The molecule has 0 heterocycles. The molecule has 27 heavy (non-hydrogen) atoms. The van der Waals surface area contributed by atoms with E-state index in [2.05, 4.69) is 16.0 Å². The number of nitrogens with one attached hydrogen (secondary N) is 3. The Morgan fingerprint density at radius 1 is 1.07 bits per heavy atom. The lowest BCUT2D eigenvalue weighted by atomic mass is 10.2. The zero-order chi connectivity index (χ0) is 19.8. The van der Waals surface area contributed by atoms with Crippen molar-refractivity contribution in [3.8, 4) is 11.5 Å². The highest BCUT2D eigenvalue weighted by Crippen LogP contribution is 2.35. The van der Waals surface area contributed by atoms with Gasteiger partial charge in [-0.05, 0) is 25.1 Å². The van der Waals surface area contributed by atoms with E-state index in [1.807, 2.05) is 6.92 Å². The molecule has 0 aliphatic carbocycles. The fraction of sp³-hybridized carbons (Fsp3) is 0.263. The first-order valence-corrected chi connectivity index (χ1v) is 8.69. The molecule has 0 unspecified atom stereocenters. The Morgan fingerprint density at radius 3 is 2.48 bits per heavy atom. The third-order valence-corrected chi connectivity index (χ3v) is 3.95. The molecule has 0 radical (unpaired) electrons. The Balaban J connectivity index is 2.03. The molecule has 2 aromatic rings. The number of anilines is 2. The maximum absolute atomic E-state index is 12.2. The van der Waals surface area contributed by atoms with Crippen LogP contribution in [0.2, 0.25) is 5.02 Å². The monoisotopic (exact) mass is 391 g/mol. The number of rotatable bonds is 8. The van der Waals surface area contributed by atoms with Crippen LogP contribution in [0.15, 0.2) is 36.4 Å². The summed E-state index contributed by atoms with van der Waals surface area (Å²) in [5.41, 5.74) is 1.59. The maximum atomic E-state index is 12.2. The molecule has 0 spiro atoms. The molecular formula is C19H22ClN3O4. The lowest BCUT2D eigenvalue weighted by molar-refractivity contribution is -0.114. The maximum Gasteiger partial charge on any atom is 0.251 e. The van der Waals surface area contributed by atoms with Gasteiger partial charge in [0, 0.05) is 29.9 Å². The number of ether oxygens (including phenoxy) is 2. The van der Waals surface area contributed by atoms with Crippen LogP contribution in [0.1, 0.15) is 17.3 Å². The van der Waals surface area contributed by atoms with Crippen molar-refractivity contribution in [1.82, 2.24) is 5.32 Å². The van der Waals surface area contributed by atoms with Crippen LogP contribution in [0, 0.1) is 0 Å². The summed E-state index contributed by atoms with van der Waals surface area (Å²) >= 11 is 6.07. The summed E-state index contributed by atoms with van der Waals surface area (Å²) in [5.74, 6) is 0.491. The Labute approximate surface area is 163 Å². The van der Waals surface area contributed by atoms with E-state index in [4.69, 9.17) is 21.1 Å². The van der Waals surface area contributed by atoms with E-state index in [-0.39, 0.29) is 18.4 Å².